The summed E-state index contributed by atoms with van der Waals surface area (Å²) in [5.41, 5.74) is 2.47. The molecular formula is C24H32N4O3. The van der Waals surface area contributed by atoms with Gasteiger partial charge in [0.25, 0.3) is 5.56 Å². The minimum atomic E-state index is -0.395. The molecule has 0 radical (unpaired) electrons. The second-order valence-electron chi connectivity index (χ2n) is 9.67. The van der Waals surface area contributed by atoms with Crippen LogP contribution in [-0.4, -0.2) is 52.4 Å². The van der Waals surface area contributed by atoms with Crippen LogP contribution < -0.4 is 10.3 Å². The van der Waals surface area contributed by atoms with Crippen LogP contribution in [0.25, 0.3) is 0 Å². The fourth-order valence-corrected chi connectivity index (χ4v) is 4.47. The van der Waals surface area contributed by atoms with Crippen molar-refractivity contribution < 1.29 is 9.53 Å². The molecule has 2 aromatic rings. The first kappa shape index (κ1) is 21.6. The maximum Gasteiger partial charge on any atom is 0.254 e. The summed E-state index contributed by atoms with van der Waals surface area (Å²) in [6.45, 7) is 9.47. The highest BCUT2D eigenvalue weighted by Crippen LogP contribution is 2.29. The molecule has 1 aromatic heterocycles. The Hall–Kier alpha value is -2.67. The van der Waals surface area contributed by atoms with Crippen LogP contribution in [0.5, 0.6) is 5.75 Å². The molecular weight excluding hydrogens is 392 g/mol. The summed E-state index contributed by atoms with van der Waals surface area (Å²) in [7, 11) is 1.67. The van der Waals surface area contributed by atoms with E-state index in [2.05, 4.69) is 22.0 Å². The Morgan fingerprint density at radius 2 is 1.97 bits per heavy atom. The molecule has 1 amide bonds. The molecule has 7 heteroatoms. The van der Waals surface area contributed by atoms with Crippen LogP contribution in [0.4, 0.5) is 0 Å². The van der Waals surface area contributed by atoms with Gasteiger partial charge in [-0.05, 0) is 30.5 Å². The monoisotopic (exact) mass is 424 g/mol. The number of hydrogen-bond donors (Lipinski definition) is 1. The summed E-state index contributed by atoms with van der Waals surface area (Å²) in [5, 5.41) is 0. The molecule has 1 unspecified atom stereocenters. The first-order valence-electron chi connectivity index (χ1n) is 11.0. The van der Waals surface area contributed by atoms with Gasteiger partial charge in [0.05, 0.1) is 12.8 Å². The van der Waals surface area contributed by atoms with Gasteiger partial charge < -0.3 is 14.6 Å². The number of aromatic nitrogens is 2. The van der Waals surface area contributed by atoms with Gasteiger partial charge in [0, 0.05) is 49.6 Å². The van der Waals surface area contributed by atoms with E-state index in [0.717, 1.165) is 42.3 Å². The Kier molecular flexibility index (Phi) is 5.88. The fourth-order valence-electron chi connectivity index (χ4n) is 4.47. The predicted octanol–water partition coefficient (Wildman–Crippen LogP) is 2.70. The molecule has 31 heavy (non-hydrogen) atoms. The summed E-state index contributed by atoms with van der Waals surface area (Å²) in [6.07, 6.45) is 1.53. The number of likely N-dealkylation sites (tertiary alicyclic amines) is 1. The normalized spacial score (nSPS) is 19.4. The minimum Gasteiger partial charge on any atom is -0.497 e. The number of amides is 1. The number of ether oxygens (including phenoxy) is 1. The highest BCUT2D eigenvalue weighted by molar-refractivity contribution is 5.81. The largest absolute Gasteiger partial charge is 0.497 e. The van der Waals surface area contributed by atoms with E-state index in [9.17, 15) is 9.59 Å². The van der Waals surface area contributed by atoms with E-state index in [4.69, 9.17) is 9.72 Å². The van der Waals surface area contributed by atoms with Gasteiger partial charge in [-0.2, -0.15) is 0 Å². The first-order chi connectivity index (χ1) is 14.7. The van der Waals surface area contributed by atoms with E-state index < -0.39 is 5.41 Å². The van der Waals surface area contributed by atoms with Crippen molar-refractivity contribution in [3.05, 3.63) is 57.3 Å². The highest BCUT2D eigenvalue weighted by Gasteiger charge is 2.35. The average Bonchev–Trinajstić information content (AvgIpc) is 3.23. The maximum atomic E-state index is 12.7. The zero-order valence-electron chi connectivity index (χ0n) is 18.9. The Balaban J connectivity index is 1.48. The minimum absolute atomic E-state index is 0.0234. The van der Waals surface area contributed by atoms with Gasteiger partial charge in [-0.1, -0.05) is 32.9 Å². The Labute approximate surface area is 183 Å². The van der Waals surface area contributed by atoms with Crippen LogP contribution in [0, 0.1) is 5.41 Å². The van der Waals surface area contributed by atoms with Gasteiger partial charge in [0.1, 0.15) is 11.6 Å². The van der Waals surface area contributed by atoms with Crippen LogP contribution in [0.15, 0.2) is 29.1 Å². The van der Waals surface area contributed by atoms with E-state index in [-0.39, 0.29) is 17.4 Å². The molecule has 2 aliphatic heterocycles. The number of nitrogens with one attached hydrogen (secondary N) is 1. The third kappa shape index (κ3) is 4.66. The lowest BCUT2D eigenvalue weighted by atomic mass is 9.95. The molecule has 0 saturated carbocycles. The topological polar surface area (TPSA) is 78.5 Å². The van der Waals surface area contributed by atoms with Crippen LogP contribution in [0.2, 0.25) is 0 Å². The summed E-state index contributed by atoms with van der Waals surface area (Å²) in [5.74, 6) is 1.81. The molecule has 1 N–H and O–H groups in total. The number of methoxy groups -OCH3 is 1. The van der Waals surface area contributed by atoms with Crippen LogP contribution >= 0.6 is 0 Å². The molecule has 4 rings (SSSR count). The van der Waals surface area contributed by atoms with Crippen molar-refractivity contribution in [1.82, 2.24) is 19.8 Å². The number of fused-ring (bicyclic) bond motifs is 1. The van der Waals surface area contributed by atoms with Crippen molar-refractivity contribution in [3.8, 4) is 5.75 Å². The van der Waals surface area contributed by atoms with E-state index in [1.54, 1.807) is 7.11 Å². The smallest absolute Gasteiger partial charge is 0.254 e. The standard InChI is InChI=1S/C24H32N4O3/c1-24(2,3)23(30)28-12-9-17(14-28)21-25-20-15-27(11-10-19(20)22(29)26-21)13-16-5-7-18(31-4)8-6-16/h5-8,17H,9-15H2,1-4H3,(H,25,26,29). The van der Waals surface area contributed by atoms with Gasteiger partial charge in [0.2, 0.25) is 5.91 Å². The van der Waals surface area contributed by atoms with Crippen molar-refractivity contribution in [2.24, 2.45) is 5.41 Å². The Morgan fingerprint density at radius 1 is 1.23 bits per heavy atom. The Bertz CT molecular complexity index is 1010. The molecule has 1 saturated heterocycles. The van der Waals surface area contributed by atoms with Gasteiger partial charge >= 0.3 is 0 Å². The number of nitrogens with zero attached hydrogens (tertiary/aromatic N) is 3. The molecule has 7 nitrogen and oxygen atoms in total. The van der Waals surface area contributed by atoms with Gasteiger partial charge in [0.15, 0.2) is 0 Å². The summed E-state index contributed by atoms with van der Waals surface area (Å²) in [4.78, 5) is 37.5. The van der Waals surface area contributed by atoms with Gasteiger partial charge in [-0.25, -0.2) is 4.98 Å². The molecule has 2 aliphatic rings. The molecule has 1 aromatic carbocycles. The number of aromatic amines is 1. The van der Waals surface area contributed by atoms with E-state index in [1.807, 2.05) is 37.8 Å². The average molecular weight is 425 g/mol. The SMILES string of the molecule is COc1ccc(CN2CCc3c(nc(C4CCN(C(=O)C(C)(C)C)C4)[nH]c3=O)C2)cc1. The van der Waals surface area contributed by atoms with E-state index >= 15 is 0 Å². The molecule has 166 valence electrons. The van der Waals surface area contributed by atoms with Crippen molar-refractivity contribution in [2.45, 2.75) is 52.6 Å². The lowest BCUT2D eigenvalue weighted by molar-refractivity contribution is -0.138. The lowest BCUT2D eigenvalue weighted by Crippen LogP contribution is -2.38. The predicted molar refractivity (Wildman–Crippen MR) is 119 cm³/mol. The number of carbonyl (C=O) groups excluding carboxylic acids is 1. The Morgan fingerprint density at radius 3 is 2.65 bits per heavy atom. The zero-order valence-corrected chi connectivity index (χ0v) is 18.9. The summed E-state index contributed by atoms with van der Waals surface area (Å²) < 4.78 is 5.24. The molecule has 3 heterocycles. The van der Waals surface area contributed by atoms with E-state index in [1.165, 1.54) is 5.56 Å². The number of H-pyrrole nitrogens is 1. The zero-order chi connectivity index (χ0) is 22.2. The van der Waals surface area contributed by atoms with Crippen LogP contribution in [0.3, 0.4) is 0 Å². The fraction of sp³-hybridized carbons (Fsp3) is 0.542. The summed E-state index contributed by atoms with van der Waals surface area (Å²) >= 11 is 0. The number of carbonyl (C=O) groups is 1. The molecule has 0 bridgehead atoms. The second-order valence-corrected chi connectivity index (χ2v) is 9.67. The third-order valence-corrected chi connectivity index (χ3v) is 6.24. The van der Waals surface area contributed by atoms with Gasteiger partial charge in [-0.3, -0.25) is 14.5 Å². The van der Waals surface area contributed by atoms with Crippen molar-refractivity contribution in [2.75, 3.05) is 26.7 Å². The second kappa shape index (κ2) is 8.46. The van der Waals surface area contributed by atoms with Crippen molar-refractivity contribution in [3.63, 3.8) is 0 Å². The molecule has 0 aliphatic carbocycles. The van der Waals surface area contributed by atoms with Crippen molar-refractivity contribution >= 4 is 5.91 Å². The lowest BCUT2D eigenvalue weighted by Gasteiger charge is -2.28. The third-order valence-electron chi connectivity index (χ3n) is 6.24. The molecule has 1 atom stereocenters. The number of hydrogen-bond acceptors (Lipinski definition) is 5. The van der Waals surface area contributed by atoms with E-state index in [0.29, 0.717) is 26.1 Å². The number of benzene rings is 1. The molecule has 0 spiro atoms. The number of rotatable bonds is 4. The first-order valence-corrected chi connectivity index (χ1v) is 11.0. The highest BCUT2D eigenvalue weighted by atomic mass is 16.5. The van der Waals surface area contributed by atoms with Crippen molar-refractivity contribution in [1.29, 1.82) is 0 Å². The maximum absolute atomic E-state index is 12.7. The van der Waals surface area contributed by atoms with Crippen LogP contribution in [0.1, 0.15) is 55.8 Å². The summed E-state index contributed by atoms with van der Waals surface area (Å²) in [6, 6.07) is 8.09. The molecule has 1 fully saturated rings. The quantitative estimate of drug-likeness (QED) is 0.817. The van der Waals surface area contributed by atoms with Gasteiger partial charge in [-0.15, -0.1) is 0 Å². The van der Waals surface area contributed by atoms with Crippen LogP contribution in [-0.2, 0) is 24.3 Å².